The van der Waals surface area contributed by atoms with E-state index in [4.69, 9.17) is 0 Å². The van der Waals surface area contributed by atoms with E-state index in [9.17, 15) is 22.8 Å². The van der Waals surface area contributed by atoms with Crippen LogP contribution in [0.15, 0.2) is 0 Å². The molecule has 0 aromatic heterocycles. The maximum Gasteiger partial charge on any atom is 0.406 e. The molecule has 5 nitrogen and oxygen atoms in total. The smallest absolute Gasteiger partial charge is 0.342 e. The highest BCUT2D eigenvalue weighted by Gasteiger charge is 2.42. The Morgan fingerprint density at radius 1 is 1.35 bits per heavy atom. The standard InChI is InChI=1S/C14H22F3N3O2.ClH/c1-18-6-10-3-2-4-19(7-10)13(22)11-5-12(21)20(8-11)9-14(15,16)17;/h10-11,18H,2-9H2,1H3;1H. The molecule has 0 aliphatic carbocycles. The van der Waals surface area contributed by atoms with Gasteiger partial charge in [0.15, 0.2) is 0 Å². The number of alkyl halides is 3. The average Bonchev–Trinajstić information content (AvgIpc) is 2.78. The molecule has 9 heteroatoms. The highest BCUT2D eigenvalue weighted by atomic mass is 35.5. The molecule has 1 N–H and O–H groups in total. The number of carbonyl (C=O) groups is 2. The van der Waals surface area contributed by atoms with E-state index in [1.165, 1.54) is 0 Å². The topological polar surface area (TPSA) is 52.7 Å². The molecule has 2 amide bonds. The number of halogens is 4. The molecule has 2 aliphatic heterocycles. The van der Waals surface area contributed by atoms with Gasteiger partial charge in [0.05, 0.1) is 5.92 Å². The van der Waals surface area contributed by atoms with E-state index in [1.54, 1.807) is 4.90 Å². The number of rotatable bonds is 4. The van der Waals surface area contributed by atoms with Gasteiger partial charge in [-0.3, -0.25) is 9.59 Å². The molecule has 0 aromatic rings. The normalized spacial score (nSPS) is 25.5. The van der Waals surface area contributed by atoms with E-state index in [-0.39, 0.29) is 31.3 Å². The summed E-state index contributed by atoms with van der Waals surface area (Å²) in [7, 11) is 1.85. The molecule has 2 saturated heterocycles. The van der Waals surface area contributed by atoms with Gasteiger partial charge < -0.3 is 15.1 Å². The summed E-state index contributed by atoms with van der Waals surface area (Å²) in [5.41, 5.74) is 0. The first-order valence-corrected chi connectivity index (χ1v) is 7.58. The van der Waals surface area contributed by atoms with Crippen LogP contribution in [0.4, 0.5) is 13.2 Å². The lowest BCUT2D eigenvalue weighted by Crippen LogP contribution is -2.45. The number of likely N-dealkylation sites (tertiary alicyclic amines) is 2. The predicted molar refractivity (Wildman–Crippen MR) is 81.2 cm³/mol. The second-order valence-corrected chi connectivity index (χ2v) is 6.14. The monoisotopic (exact) mass is 357 g/mol. The van der Waals surface area contributed by atoms with Crippen molar-refractivity contribution >= 4 is 24.2 Å². The van der Waals surface area contributed by atoms with Gasteiger partial charge in [0, 0.05) is 26.1 Å². The summed E-state index contributed by atoms with van der Waals surface area (Å²) < 4.78 is 37.2. The van der Waals surface area contributed by atoms with Crippen LogP contribution in [0.1, 0.15) is 19.3 Å². The molecule has 0 aromatic carbocycles. The maximum absolute atomic E-state index is 12.5. The van der Waals surface area contributed by atoms with Crippen molar-refractivity contribution in [2.24, 2.45) is 11.8 Å². The minimum atomic E-state index is -4.42. The molecule has 2 rings (SSSR count). The molecule has 2 atom stereocenters. The van der Waals surface area contributed by atoms with Crippen LogP contribution >= 0.6 is 12.4 Å². The van der Waals surface area contributed by atoms with Gasteiger partial charge in [-0.1, -0.05) is 0 Å². The van der Waals surface area contributed by atoms with Crippen LogP contribution in [-0.2, 0) is 9.59 Å². The largest absolute Gasteiger partial charge is 0.406 e. The quantitative estimate of drug-likeness (QED) is 0.824. The Labute approximate surface area is 140 Å². The van der Waals surface area contributed by atoms with Crippen molar-refractivity contribution in [3.63, 3.8) is 0 Å². The average molecular weight is 358 g/mol. The number of hydrogen-bond donors (Lipinski definition) is 1. The van der Waals surface area contributed by atoms with Crippen molar-refractivity contribution in [2.75, 3.05) is 39.8 Å². The molecular weight excluding hydrogens is 335 g/mol. The van der Waals surface area contributed by atoms with Gasteiger partial charge >= 0.3 is 6.18 Å². The van der Waals surface area contributed by atoms with Crippen LogP contribution in [0.5, 0.6) is 0 Å². The number of piperidine rings is 1. The first kappa shape index (κ1) is 20.0. The first-order valence-electron chi connectivity index (χ1n) is 7.58. The van der Waals surface area contributed by atoms with E-state index in [2.05, 4.69) is 5.32 Å². The fraction of sp³-hybridized carbons (Fsp3) is 0.857. The second kappa shape index (κ2) is 8.19. The molecule has 2 aliphatic rings. The number of hydrogen-bond acceptors (Lipinski definition) is 3. The molecule has 2 heterocycles. The summed E-state index contributed by atoms with van der Waals surface area (Å²) in [6, 6.07) is 0. The fourth-order valence-corrected chi connectivity index (χ4v) is 3.29. The Kier molecular flexibility index (Phi) is 7.13. The van der Waals surface area contributed by atoms with Gasteiger partial charge in [-0.25, -0.2) is 0 Å². The number of nitrogens with one attached hydrogen (secondary N) is 1. The molecule has 0 bridgehead atoms. The SMILES string of the molecule is CNCC1CCCN(C(=O)C2CC(=O)N(CC(F)(F)F)C2)C1.Cl. The third-order valence-electron chi connectivity index (χ3n) is 4.26. The van der Waals surface area contributed by atoms with Crippen LogP contribution < -0.4 is 5.32 Å². The zero-order valence-corrected chi connectivity index (χ0v) is 13.9. The van der Waals surface area contributed by atoms with Gasteiger partial charge in [0.1, 0.15) is 6.54 Å². The fourth-order valence-electron chi connectivity index (χ4n) is 3.29. The summed E-state index contributed by atoms with van der Waals surface area (Å²) in [6.07, 6.45) is -2.60. The molecule has 0 spiro atoms. The summed E-state index contributed by atoms with van der Waals surface area (Å²) >= 11 is 0. The Balaban J connectivity index is 0.00000264. The van der Waals surface area contributed by atoms with Gasteiger partial charge in [-0.2, -0.15) is 13.2 Å². The van der Waals surface area contributed by atoms with Crippen molar-refractivity contribution in [3.05, 3.63) is 0 Å². The van der Waals surface area contributed by atoms with E-state index < -0.39 is 24.5 Å². The maximum atomic E-state index is 12.5. The molecule has 0 radical (unpaired) electrons. The molecular formula is C14H23ClF3N3O2. The third kappa shape index (κ3) is 5.53. The van der Waals surface area contributed by atoms with Crippen molar-refractivity contribution in [3.8, 4) is 0 Å². The number of carbonyl (C=O) groups excluding carboxylic acids is 2. The molecule has 0 saturated carbocycles. The lowest BCUT2D eigenvalue weighted by molar-refractivity contribution is -0.157. The van der Waals surface area contributed by atoms with Gasteiger partial charge in [-0.05, 0) is 32.4 Å². The van der Waals surface area contributed by atoms with Crippen LogP contribution in [0.3, 0.4) is 0 Å². The third-order valence-corrected chi connectivity index (χ3v) is 4.26. The van der Waals surface area contributed by atoms with Crippen molar-refractivity contribution in [1.29, 1.82) is 0 Å². The lowest BCUT2D eigenvalue weighted by Gasteiger charge is -2.34. The van der Waals surface area contributed by atoms with Crippen LogP contribution in [0, 0.1) is 11.8 Å². The Hall–Kier alpha value is -1.02. The zero-order valence-electron chi connectivity index (χ0n) is 13.1. The summed E-state index contributed by atoms with van der Waals surface area (Å²) in [5.74, 6) is -1.03. The van der Waals surface area contributed by atoms with E-state index in [0.29, 0.717) is 19.0 Å². The Bertz CT molecular complexity index is 432. The van der Waals surface area contributed by atoms with Gasteiger partial charge in [-0.15, -0.1) is 12.4 Å². The summed E-state index contributed by atoms with van der Waals surface area (Å²) in [4.78, 5) is 26.6. The summed E-state index contributed by atoms with van der Waals surface area (Å²) in [5, 5.41) is 3.08. The molecule has 23 heavy (non-hydrogen) atoms. The minimum absolute atomic E-state index is 0. The number of nitrogens with zero attached hydrogens (tertiary/aromatic N) is 2. The van der Waals surface area contributed by atoms with Crippen LogP contribution in [0.2, 0.25) is 0 Å². The molecule has 134 valence electrons. The summed E-state index contributed by atoms with van der Waals surface area (Å²) in [6.45, 7) is 0.669. The van der Waals surface area contributed by atoms with Crippen molar-refractivity contribution in [2.45, 2.75) is 25.4 Å². The lowest BCUT2D eigenvalue weighted by atomic mass is 9.96. The minimum Gasteiger partial charge on any atom is -0.342 e. The number of amides is 2. The highest BCUT2D eigenvalue weighted by Crippen LogP contribution is 2.26. The predicted octanol–water partition coefficient (Wildman–Crippen LogP) is 1.28. The Morgan fingerprint density at radius 2 is 2.04 bits per heavy atom. The van der Waals surface area contributed by atoms with Crippen molar-refractivity contribution in [1.82, 2.24) is 15.1 Å². The van der Waals surface area contributed by atoms with E-state index in [1.807, 2.05) is 7.05 Å². The van der Waals surface area contributed by atoms with Crippen LogP contribution in [0.25, 0.3) is 0 Å². The van der Waals surface area contributed by atoms with Crippen molar-refractivity contribution < 1.29 is 22.8 Å². The second-order valence-electron chi connectivity index (χ2n) is 6.14. The van der Waals surface area contributed by atoms with Crippen LogP contribution in [-0.4, -0.2) is 67.6 Å². The zero-order chi connectivity index (χ0) is 16.3. The Morgan fingerprint density at radius 3 is 2.65 bits per heavy atom. The van der Waals surface area contributed by atoms with E-state index in [0.717, 1.165) is 24.3 Å². The van der Waals surface area contributed by atoms with E-state index >= 15 is 0 Å². The first-order chi connectivity index (χ1) is 10.3. The van der Waals surface area contributed by atoms with Gasteiger partial charge in [0.2, 0.25) is 11.8 Å². The van der Waals surface area contributed by atoms with Gasteiger partial charge in [0.25, 0.3) is 0 Å². The highest BCUT2D eigenvalue weighted by molar-refractivity contribution is 5.89. The molecule has 2 unspecified atom stereocenters. The molecule has 2 fully saturated rings.